The summed E-state index contributed by atoms with van der Waals surface area (Å²) in [6, 6.07) is 0. The van der Waals surface area contributed by atoms with Crippen LogP contribution in [0, 0.1) is 11.3 Å². The first-order valence-electron chi connectivity index (χ1n) is 6.87. The van der Waals surface area contributed by atoms with Crippen molar-refractivity contribution in [3.63, 3.8) is 0 Å². The zero-order chi connectivity index (χ0) is 12.0. The minimum Gasteiger partial charge on any atom is -0.374 e. The lowest BCUT2D eigenvalue weighted by Crippen LogP contribution is -2.23. The molecule has 0 aliphatic heterocycles. The molecule has 94 valence electrons. The largest absolute Gasteiger partial charge is 0.374 e. The summed E-state index contributed by atoms with van der Waals surface area (Å²) in [6.45, 7) is 10.1. The van der Waals surface area contributed by atoms with E-state index in [1.807, 2.05) is 0 Å². The van der Waals surface area contributed by atoms with E-state index in [-0.39, 0.29) is 0 Å². The van der Waals surface area contributed by atoms with Gasteiger partial charge in [-0.2, -0.15) is 0 Å². The molecule has 0 N–H and O–H groups in total. The second-order valence-corrected chi connectivity index (χ2v) is 5.66. The van der Waals surface area contributed by atoms with Crippen molar-refractivity contribution in [2.45, 2.75) is 65.9 Å². The van der Waals surface area contributed by atoms with Crippen molar-refractivity contribution < 1.29 is 4.74 Å². The van der Waals surface area contributed by atoms with E-state index in [2.05, 4.69) is 39.8 Å². The van der Waals surface area contributed by atoms with E-state index in [9.17, 15) is 0 Å². The summed E-state index contributed by atoms with van der Waals surface area (Å²) >= 11 is 0. The van der Waals surface area contributed by atoms with E-state index in [1.54, 1.807) is 0 Å². The van der Waals surface area contributed by atoms with E-state index in [4.69, 9.17) is 4.74 Å². The average Bonchev–Trinajstić information content (AvgIpc) is 2.31. The molecule has 0 bridgehead atoms. The van der Waals surface area contributed by atoms with Crippen molar-refractivity contribution >= 4 is 0 Å². The van der Waals surface area contributed by atoms with Crippen LogP contribution in [0.15, 0.2) is 12.2 Å². The fourth-order valence-corrected chi connectivity index (χ4v) is 2.52. The molecule has 0 heterocycles. The molecule has 16 heavy (non-hydrogen) atoms. The smallest absolute Gasteiger partial charge is 0.0755 e. The third kappa shape index (κ3) is 3.93. The maximum absolute atomic E-state index is 5.72. The summed E-state index contributed by atoms with van der Waals surface area (Å²) in [4.78, 5) is 0. The first-order valence-corrected chi connectivity index (χ1v) is 6.87. The number of rotatable bonds is 3. The van der Waals surface area contributed by atoms with Gasteiger partial charge in [0.15, 0.2) is 0 Å². The van der Waals surface area contributed by atoms with E-state index >= 15 is 0 Å². The molecule has 0 aromatic rings. The molecule has 1 nitrogen and oxygen atoms in total. The lowest BCUT2D eigenvalue weighted by molar-refractivity contribution is 0.0834. The Balaban J connectivity index is 2.56. The summed E-state index contributed by atoms with van der Waals surface area (Å²) in [6.07, 6.45) is 11.3. The van der Waals surface area contributed by atoms with Gasteiger partial charge in [-0.05, 0) is 50.4 Å². The lowest BCUT2D eigenvalue weighted by Gasteiger charge is -2.33. The molecule has 0 amide bonds. The summed E-state index contributed by atoms with van der Waals surface area (Å²) in [7, 11) is 0. The summed E-state index contributed by atoms with van der Waals surface area (Å²) in [5.41, 5.74) is 0.519. The lowest BCUT2D eigenvalue weighted by atomic mass is 9.72. The van der Waals surface area contributed by atoms with Gasteiger partial charge in [-0.1, -0.05) is 32.9 Å². The number of hydrogen-bond donors (Lipinski definition) is 0. The van der Waals surface area contributed by atoms with Gasteiger partial charge >= 0.3 is 0 Å². The average molecular weight is 224 g/mol. The Morgan fingerprint density at radius 1 is 1.38 bits per heavy atom. The Labute approximate surface area is 101 Å². The number of hydrogen-bond acceptors (Lipinski definition) is 1. The van der Waals surface area contributed by atoms with Crippen LogP contribution in [0.3, 0.4) is 0 Å². The molecular formula is C15H28O. The Hall–Kier alpha value is -0.300. The maximum Gasteiger partial charge on any atom is 0.0755 e. The molecule has 1 aliphatic carbocycles. The van der Waals surface area contributed by atoms with Crippen molar-refractivity contribution in [3.05, 3.63) is 12.2 Å². The minimum absolute atomic E-state index is 0.361. The van der Waals surface area contributed by atoms with Crippen LogP contribution in [0.2, 0.25) is 0 Å². The van der Waals surface area contributed by atoms with Gasteiger partial charge in [-0.15, -0.1) is 0 Å². The first kappa shape index (κ1) is 13.8. The Morgan fingerprint density at radius 2 is 2.12 bits per heavy atom. The van der Waals surface area contributed by atoms with Gasteiger partial charge in [-0.3, -0.25) is 0 Å². The quantitative estimate of drug-likeness (QED) is 0.638. The predicted molar refractivity (Wildman–Crippen MR) is 70.6 cm³/mol. The van der Waals surface area contributed by atoms with E-state index in [0.717, 1.165) is 12.5 Å². The monoisotopic (exact) mass is 224 g/mol. The molecule has 2 atom stereocenters. The molecule has 0 fully saturated rings. The maximum atomic E-state index is 5.72. The van der Waals surface area contributed by atoms with Gasteiger partial charge < -0.3 is 4.74 Å². The van der Waals surface area contributed by atoms with Crippen LogP contribution in [-0.4, -0.2) is 12.7 Å². The summed E-state index contributed by atoms with van der Waals surface area (Å²) in [5.74, 6) is 0.782. The molecule has 2 unspecified atom stereocenters. The van der Waals surface area contributed by atoms with Crippen LogP contribution in [-0.2, 0) is 4.74 Å². The van der Waals surface area contributed by atoms with Gasteiger partial charge in [0.25, 0.3) is 0 Å². The molecule has 1 aliphatic rings. The normalized spacial score (nSPS) is 34.2. The minimum atomic E-state index is 0.361. The SMILES string of the molecule is CCOC1/C=C/CCC(C)(C(C)C)CCC1. The van der Waals surface area contributed by atoms with Gasteiger partial charge in [0, 0.05) is 6.61 Å². The number of ether oxygens (including phenoxy) is 1. The van der Waals surface area contributed by atoms with Crippen LogP contribution in [0.5, 0.6) is 0 Å². The standard InChI is InChI=1S/C15H28O/c1-5-16-14-9-6-7-11-15(4,13(2)3)12-8-10-14/h6,9,13-14H,5,7-8,10-12H2,1-4H3/b9-6+. The van der Waals surface area contributed by atoms with E-state index in [1.165, 1.54) is 32.1 Å². The highest BCUT2D eigenvalue weighted by Crippen LogP contribution is 2.38. The van der Waals surface area contributed by atoms with Gasteiger partial charge in [0.1, 0.15) is 0 Å². The highest BCUT2D eigenvalue weighted by molar-refractivity contribution is 4.93. The van der Waals surface area contributed by atoms with Crippen LogP contribution in [0.4, 0.5) is 0 Å². The molecule has 0 spiro atoms. The molecule has 0 saturated carbocycles. The molecule has 0 saturated heterocycles. The predicted octanol–water partition coefficient (Wildman–Crippen LogP) is 4.57. The molecule has 1 heteroatoms. The molecule has 0 aromatic carbocycles. The van der Waals surface area contributed by atoms with E-state index in [0.29, 0.717) is 11.5 Å². The van der Waals surface area contributed by atoms with Gasteiger partial charge in [0.2, 0.25) is 0 Å². The molecular weight excluding hydrogens is 196 g/mol. The first-order chi connectivity index (χ1) is 7.58. The zero-order valence-corrected chi connectivity index (χ0v) is 11.5. The van der Waals surface area contributed by atoms with Crippen molar-refractivity contribution in [1.29, 1.82) is 0 Å². The second-order valence-electron chi connectivity index (χ2n) is 5.66. The number of allylic oxidation sites excluding steroid dienone is 1. The molecule has 0 radical (unpaired) electrons. The molecule has 1 rings (SSSR count). The fourth-order valence-electron chi connectivity index (χ4n) is 2.52. The van der Waals surface area contributed by atoms with Crippen LogP contribution < -0.4 is 0 Å². The van der Waals surface area contributed by atoms with Crippen molar-refractivity contribution in [2.24, 2.45) is 11.3 Å². The third-order valence-electron chi connectivity index (χ3n) is 4.24. The zero-order valence-electron chi connectivity index (χ0n) is 11.5. The Morgan fingerprint density at radius 3 is 2.75 bits per heavy atom. The highest BCUT2D eigenvalue weighted by Gasteiger charge is 2.27. The van der Waals surface area contributed by atoms with Crippen LogP contribution in [0.1, 0.15) is 59.8 Å². The third-order valence-corrected chi connectivity index (χ3v) is 4.24. The van der Waals surface area contributed by atoms with Crippen molar-refractivity contribution in [1.82, 2.24) is 0 Å². The molecule has 0 aromatic heterocycles. The van der Waals surface area contributed by atoms with E-state index < -0.39 is 0 Å². The topological polar surface area (TPSA) is 9.23 Å². The van der Waals surface area contributed by atoms with Crippen LogP contribution >= 0.6 is 0 Å². The fraction of sp³-hybridized carbons (Fsp3) is 0.867. The van der Waals surface area contributed by atoms with Gasteiger partial charge in [0.05, 0.1) is 6.10 Å². The highest BCUT2D eigenvalue weighted by atomic mass is 16.5. The Bertz CT molecular complexity index is 219. The Kier molecular flexibility index (Phi) is 5.54. The summed E-state index contributed by atoms with van der Waals surface area (Å²) in [5, 5.41) is 0. The van der Waals surface area contributed by atoms with Crippen LogP contribution in [0.25, 0.3) is 0 Å². The summed E-state index contributed by atoms with van der Waals surface area (Å²) < 4.78 is 5.72. The van der Waals surface area contributed by atoms with Crippen molar-refractivity contribution in [3.8, 4) is 0 Å². The van der Waals surface area contributed by atoms with Crippen molar-refractivity contribution in [2.75, 3.05) is 6.61 Å². The van der Waals surface area contributed by atoms with Gasteiger partial charge in [-0.25, -0.2) is 0 Å². The second kappa shape index (κ2) is 6.44.